The van der Waals surface area contributed by atoms with Gasteiger partial charge in [-0.1, -0.05) is 56.3 Å². The minimum atomic E-state index is 0.554. The predicted octanol–water partition coefficient (Wildman–Crippen LogP) is 5.56. The van der Waals surface area contributed by atoms with E-state index in [1.165, 1.54) is 34.1 Å². The molecule has 1 heterocycles. The number of nitrogens with one attached hydrogen (secondary N) is 1. The van der Waals surface area contributed by atoms with Crippen LogP contribution in [-0.2, 0) is 0 Å². The summed E-state index contributed by atoms with van der Waals surface area (Å²) in [7, 11) is 0. The van der Waals surface area contributed by atoms with Gasteiger partial charge >= 0.3 is 0 Å². The molecule has 1 aliphatic rings. The number of hydrogen-bond acceptors (Lipinski definition) is 0. The summed E-state index contributed by atoms with van der Waals surface area (Å²) in [6.07, 6.45) is 1.28. The van der Waals surface area contributed by atoms with Crippen LogP contribution < -0.4 is 0 Å². The molecule has 106 valence electrons. The van der Waals surface area contributed by atoms with Gasteiger partial charge in [-0.05, 0) is 52.8 Å². The first-order chi connectivity index (χ1) is 10.2. The van der Waals surface area contributed by atoms with Crippen LogP contribution in [0.3, 0.4) is 0 Å². The van der Waals surface area contributed by atoms with Crippen molar-refractivity contribution in [3.8, 4) is 0 Å². The molecule has 3 aromatic rings. The van der Waals surface area contributed by atoms with E-state index < -0.39 is 0 Å². The van der Waals surface area contributed by atoms with Crippen LogP contribution in [0.15, 0.2) is 54.6 Å². The molecule has 0 amide bonds. The molecule has 1 aliphatic carbocycles. The first-order valence-corrected chi connectivity index (χ1v) is 7.90. The Bertz CT molecular complexity index is 767. The molecule has 1 fully saturated rings. The highest BCUT2D eigenvalue weighted by Crippen LogP contribution is 2.54. The lowest BCUT2D eigenvalue weighted by molar-refractivity contribution is 0.836. The summed E-state index contributed by atoms with van der Waals surface area (Å²) in [5.41, 5.74) is 5.58. The lowest BCUT2D eigenvalue weighted by Gasteiger charge is -2.02. The van der Waals surface area contributed by atoms with Gasteiger partial charge in [0.15, 0.2) is 0 Å². The summed E-state index contributed by atoms with van der Waals surface area (Å²) in [5.74, 6) is 1.96. The third kappa shape index (κ3) is 2.27. The van der Waals surface area contributed by atoms with E-state index in [1.807, 2.05) is 0 Å². The topological polar surface area (TPSA) is 15.8 Å². The van der Waals surface area contributed by atoms with Crippen molar-refractivity contribution in [1.29, 1.82) is 0 Å². The van der Waals surface area contributed by atoms with Crippen LogP contribution in [0.4, 0.5) is 0 Å². The molecule has 0 radical (unpaired) electrons. The molecule has 2 aromatic carbocycles. The smallest absolute Gasteiger partial charge is 0.0459 e. The highest BCUT2D eigenvalue weighted by atomic mass is 14.7. The Labute approximate surface area is 126 Å². The van der Waals surface area contributed by atoms with Crippen LogP contribution in [0.5, 0.6) is 0 Å². The van der Waals surface area contributed by atoms with Gasteiger partial charge in [0.25, 0.3) is 0 Å². The van der Waals surface area contributed by atoms with Crippen LogP contribution in [0.1, 0.15) is 54.8 Å². The Hall–Kier alpha value is -2.02. The number of benzene rings is 2. The molecule has 2 unspecified atom stereocenters. The number of aromatic nitrogens is 1. The maximum absolute atomic E-state index is 3.57. The molecule has 0 bridgehead atoms. The maximum Gasteiger partial charge on any atom is 0.0459 e. The third-order valence-corrected chi connectivity index (χ3v) is 4.74. The molecule has 21 heavy (non-hydrogen) atoms. The predicted molar refractivity (Wildman–Crippen MR) is 88.9 cm³/mol. The van der Waals surface area contributed by atoms with Crippen molar-refractivity contribution in [3.63, 3.8) is 0 Å². The van der Waals surface area contributed by atoms with E-state index in [9.17, 15) is 0 Å². The van der Waals surface area contributed by atoms with Crippen molar-refractivity contribution in [2.24, 2.45) is 0 Å². The molecule has 1 N–H and O–H groups in total. The fourth-order valence-corrected chi connectivity index (χ4v) is 3.34. The average Bonchev–Trinajstić information content (AvgIpc) is 3.19. The largest absolute Gasteiger partial charge is 0.358 e. The van der Waals surface area contributed by atoms with Gasteiger partial charge in [-0.25, -0.2) is 0 Å². The maximum atomic E-state index is 3.57. The van der Waals surface area contributed by atoms with Gasteiger partial charge in [0, 0.05) is 11.2 Å². The van der Waals surface area contributed by atoms with E-state index in [0.29, 0.717) is 17.8 Å². The average molecular weight is 275 g/mol. The van der Waals surface area contributed by atoms with Crippen LogP contribution in [0.25, 0.3) is 10.9 Å². The van der Waals surface area contributed by atoms with Crippen molar-refractivity contribution in [1.82, 2.24) is 4.98 Å². The zero-order valence-corrected chi connectivity index (χ0v) is 12.6. The molecular weight excluding hydrogens is 254 g/mol. The third-order valence-electron chi connectivity index (χ3n) is 4.74. The summed E-state index contributed by atoms with van der Waals surface area (Å²) < 4.78 is 0. The molecule has 1 saturated carbocycles. The van der Waals surface area contributed by atoms with Gasteiger partial charge in [-0.15, -0.1) is 0 Å². The monoisotopic (exact) mass is 275 g/mol. The fraction of sp³-hybridized carbons (Fsp3) is 0.300. The van der Waals surface area contributed by atoms with E-state index >= 15 is 0 Å². The molecule has 2 atom stereocenters. The van der Waals surface area contributed by atoms with Crippen molar-refractivity contribution in [2.45, 2.75) is 38.0 Å². The molecular formula is C20H21N. The summed E-state index contributed by atoms with van der Waals surface area (Å²) in [4.78, 5) is 3.57. The summed E-state index contributed by atoms with van der Waals surface area (Å²) in [5, 5.41) is 1.33. The molecule has 0 saturated heterocycles. The minimum absolute atomic E-state index is 0.554. The van der Waals surface area contributed by atoms with Crippen LogP contribution in [0, 0.1) is 0 Å². The fourth-order valence-electron chi connectivity index (χ4n) is 3.34. The van der Waals surface area contributed by atoms with E-state index in [-0.39, 0.29) is 0 Å². The van der Waals surface area contributed by atoms with E-state index in [4.69, 9.17) is 0 Å². The SMILES string of the molecule is CC(C)c1cc2ccc(C3CC3c3ccccc3)cc2[nH]1. The molecule has 1 nitrogen and oxygen atoms in total. The van der Waals surface area contributed by atoms with Crippen LogP contribution >= 0.6 is 0 Å². The summed E-state index contributed by atoms with van der Waals surface area (Å²) in [6, 6.07) is 20.1. The number of H-pyrrole nitrogens is 1. The van der Waals surface area contributed by atoms with Gasteiger partial charge in [0.2, 0.25) is 0 Å². The summed E-state index contributed by atoms with van der Waals surface area (Å²) >= 11 is 0. The number of aromatic amines is 1. The zero-order chi connectivity index (χ0) is 14.4. The van der Waals surface area contributed by atoms with Crippen molar-refractivity contribution in [2.75, 3.05) is 0 Å². The Balaban J connectivity index is 1.63. The second-order valence-corrected chi connectivity index (χ2v) is 6.59. The van der Waals surface area contributed by atoms with Crippen molar-refractivity contribution in [3.05, 3.63) is 71.4 Å². The molecule has 0 spiro atoms. The minimum Gasteiger partial charge on any atom is -0.358 e. The Morgan fingerprint density at radius 2 is 1.67 bits per heavy atom. The zero-order valence-electron chi connectivity index (χ0n) is 12.6. The Morgan fingerprint density at radius 1 is 0.905 bits per heavy atom. The van der Waals surface area contributed by atoms with Gasteiger partial charge in [-0.3, -0.25) is 0 Å². The van der Waals surface area contributed by atoms with Gasteiger partial charge < -0.3 is 4.98 Å². The first kappa shape index (κ1) is 12.7. The lowest BCUT2D eigenvalue weighted by Crippen LogP contribution is -1.86. The first-order valence-electron chi connectivity index (χ1n) is 7.90. The second kappa shape index (κ2) is 4.77. The molecule has 1 aromatic heterocycles. The standard InChI is InChI=1S/C20H21N/c1-13(2)19-11-16-9-8-15(10-20(16)21-19)18-12-17(18)14-6-4-3-5-7-14/h3-11,13,17-18,21H,12H2,1-2H3. The normalized spacial score (nSPS) is 21.1. The molecule has 1 heteroatoms. The number of hydrogen-bond donors (Lipinski definition) is 1. The lowest BCUT2D eigenvalue weighted by atomic mass is 10.0. The molecule has 4 rings (SSSR count). The van der Waals surface area contributed by atoms with E-state index in [1.54, 1.807) is 0 Å². The van der Waals surface area contributed by atoms with Gasteiger partial charge in [-0.2, -0.15) is 0 Å². The van der Waals surface area contributed by atoms with Gasteiger partial charge in [0.1, 0.15) is 0 Å². The van der Waals surface area contributed by atoms with Crippen LogP contribution in [0.2, 0.25) is 0 Å². The van der Waals surface area contributed by atoms with E-state index in [0.717, 1.165) is 0 Å². The molecule has 0 aliphatic heterocycles. The van der Waals surface area contributed by atoms with Crippen LogP contribution in [-0.4, -0.2) is 4.98 Å². The Kier molecular flexibility index (Phi) is 2.88. The van der Waals surface area contributed by atoms with E-state index in [2.05, 4.69) is 73.4 Å². The number of rotatable bonds is 3. The van der Waals surface area contributed by atoms with Crippen molar-refractivity contribution < 1.29 is 0 Å². The van der Waals surface area contributed by atoms with Crippen molar-refractivity contribution >= 4 is 10.9 Å². The highest BCUT2D eigenvalue weighted by molar-refractivity contribution is 5.81. The highest BCUT2D eigenvalue weighted by Gasteiger charge is 2.39. The second-order valence-electron chi connectivity index (χ2n) is 6.59. The summed E-state index contributed by atoms with van der Waals surface area (Å²) in [6.45, 7) is 4.47. The quantitative estimate of drug-likeness (QED) is 0.644. The number of fused-ring (bicyclic) bond motifs is 1. The Morgan fingerprint density at radius 3 is 2.43 bits per heavy atom. The van der Waals surface area contributed by atoms with Gasteiger partial charge in [0.05, 0.1) is 0 Å².